The molecule has 0 aliphatic heterocycles. The van der Waals surface area contributed by atoms with Crippen molar-refractivity contribution in [1.82, 2.24) is 9.97 Å². The summed E-state index contributed by atoms with van der Waals surface area (Å²) >= 11 is 5.99. The summed E-state index contributed by atoms with van der Waals surface area (Å²) < 4.78 is 5.37. The van der Waals surface area contributed by atoms with Gasteiger partial charge in [0.1, 0.15) is 11.6 Å². The Bertz CT molecular complexity index is 602. The van der Waals surface area contributed by atoms with Gasteiger partial charge < -0.3 is 10.1 Å². The summed E-state index contributed by atoms with van der Waals surface area (Å²) in [4.78, 5) is 9.10. The van der Waals surface area contributed by atoms with Crippen LogP contribution in [-0.4, -0.2) is 24.1 Å². The van der Waals surface area contributed by atoms with Crippen molar-refractivity contribution in [2.24, 2.45) is 0 Å². The lowest BCUT2D eigenvalue weighted by atomic mass is 10.1. The first kappa shape index (κ1) is 14.6. The minimum absolute atomic E-state index is 0.629. The second-order valence-electron chi connectivity index (χ2n) is 4.41. The van der Waals surface area contributed by atoms with Crippen molar-refractivity contribution < 1.29 is 4.74 Å². The highest BCUT2D eigenvalue weighted by molar-refractivity contribution is 6.30. The van der Waals surface area contributed by atoms with Gasteiger partial charge in [-0.2, -0.15) is 0 Å². The minimum Gasteiger partial charge on any atom is -0.496 e. The lowest BCUT2D eigenvalue weighted by Crippen LogP contribution is -2.02. The number of hydrogen-bond acceptors (Lipinski definition) is 4. The maximum Gasteiger partial charge on any atom is 0.165 e. The first-order valence-electron chi connectivity index (χ1n) is 6.57. The van der Waals surface area contributed by atoms with E-state index in [2.05, 4.69) is 22.2 Å². The molecule has 0 radical (unpaired) electrons. The minimum atomic E-state index is 0.629. The molecule has 2 rings (SSSR count). The molecule has 0 saturated carbocycles. The van der Waals surface area contributed by atoms with E-state index in [1.54, 1.807) is 13.2 Å². The fourth-order valence-corrected chi connectivity index (χ4v) is 2.14. The molecule has 2 aromatic rings. The molecular formula is C15H18ClN3O. The van der Waals surface area contributed by atoms with E-state index < -0.39 is 0 Å². The highest BCUT2D eigenvalue weighted by atomic mass is 35.5. The highest BCUT2D eigenvalue weighted by Gasteiger charge is 2.11. The monoisotopic (exact) mass is 291 g/mol. The molecule has 0 aliphatic rings. The van der Waals surface area contributed by atoms with Crippen LogP contribution in [0.25, 0.3) is 11.4 Å². The third-order valence-electron chi connectivity index (χ3n) is 2.95. The third-order valence-corrected chi connectivity index (χ3v) is 3.18. The van der Waals surface area contributed by atoms with Crippen molar-refractivity contribution in [1.29, 1.82) is 0 Å². The smallest absolute Gasteiger partial charge is 0.165 e. The molecule has 0 bridgehead atoms. The molecule has 0 aliphatic carbocycles. The highest BCUT2D eigenvalue weighted by Crippen LogP contribution is 2.31. The van der Waals surface area contributed by atoms with E-state index in [0.29, 0.717) is 16.6 Å². The lowest BCUT2D eigenvalue weighted by molar-refractivity contribution is 0.416. The first-order valence-corrected chi connectivity index (χ1v) is 6.95. The van der Waals surface area contributed by atoms with Crippen LogP contribution in [0.1, 0.15) is 19.0 Å². The van der Waals surface area contributed by atoms with E-state index in [1.165, 1.54) is 0 Å². The summed E-state index contributed by atoms with van der Waals surface area (Å²) in [5, 5.41) is 3.70. The SMILES string of the molecule is CCCc1cc(NC)nc(-c2ccc(Cl)cc2OC)n1. The zero-order chi connectivity index (χ0) is 14.5. The largest absolute Gasteiger partial charge is 0.496 e. The van der Waals surface area contributed by atoms with E-state index in [9.17, 15) is 0 Å². The van der Waals surface area contributed by atoms with Gasteiger partial charge in [-0.25, -0.2) is 9.97 Å². The van der Waals surface area contributed by atoms with Gasteiger partial charge in [-0.3, -0.25) is 0 Å². The summed E-state index contributed by atoms with van der Waals surface area (Å²) in [6.45, 7) is 2.13. The Kier molecular flexibility index (Phi) is 4.79. The van der Waals surface area contributed by atoms with Crippen molar-refractivity contribution in [3.05, 3.63) is 35.0 Å². The maximum atomic E-state index is 5.99. The number of ether oxygens (including phenoxy) is 1. The Morgan fingerprint density at radius 3 is 2.70 bits per heavy atom. The molecule has 0 atom stereocenters. The third kappa shape index (κ3) is 3.20. The summed E-state index contributed by atoms with van der Waals surface area (Å²) in [5.74, 6) is 2.12. The zero-order valence-electron chi connectivity index (χ0n) is 11.9. The molecule has 106 valence electrons. The topological polar surface area (TPSA) is 47.0 Å². The molecule has 5 heteroatoms. The fraction of sp³-hybridized carbons (Fsp3) is 0.333. The number of nitrogens with one attached hydrogen (secondary N) is 1. The Labute approximate surface area is 124 Å². The van der Waals surface area contributed by atoms with E-state index in [-0.39, 0.29) is 0 Å². The van der Waals surface area contributed by atoms with Crippen LogP contribution < -0.4 is 10.1 Å². The van der Waals surface area contributed by atoms with Crippen molar-refractivity contribution >= 4 is 17.4 Å². The number of hydrogen-bond donors (Lipinski definition) is 1. The Hall–Kier alpha value is -1.81. The van der Waals surface area contributed by atoms with Gasteiger partial charge in [0.05, 0.1) is 12.7 Å². The molecule has 0 saturated heterocycles. The average Bonchev–Trinajstić information content (AvgIpc) is 2.47. The summed E-state index contributed by atoms with van der Waals surface area (Å²) in [7, 11) is 3.46. The first-order chi connectivity index (χ1) is 9.67. The molecular weight excluding hydrogens is 274 g/mol. The summed E-state index contributed by atoms with van der Waals surface area (Å²) in [6, 6.07) is 7.43. The Balaban J connectivity index is 2.53. The number of nitrogens with zero attached hydrogens (tertiary/aromatic N) is 2. The molecule has 0 amide bonds. The normalized spacial score (nSPS) is 10.4. The summed E-state index contributed by atoms with van der Waals surface area (Å²) in [5.41, 5.74) is 1.85. The number of rotatable bonds is 5. The number of anilines is 1. The molecule has 0 spiro atoms. The van der Waals surface area contributed by atoms with Crippen molar-refractivity contribution in [3.63, 3.8) is 0 Å². The number of methoxy groups -OCH3 is 1. The fourth-order valence-electron chi connectivity index (χ4n) is 1.98. The van der Waals surface area contributed by atoms with Crippen molar-refractivity contribution in [2.45, 2.75) is 19.8 Å². The van der Waals surface area contributed by atoms with Gasteiger partial charge in [0.2, 0.25) is 0 Å². The Morgan fingerprint density at radius 2 is 2.05 bits per heavy atom. The number of aromatic nitrogens is 2. The lowest BCUT2D eigenvalue weighted by Gasteiger charge is -2.11. The van der Waals surface area contributed by atoms with Gasteiger partial charge in [-0.1, -0.05) is 24.9 Å². The van der Waals surface area contributed by atoms with Crippen LogP contribution in [0.4, 0.5) is 5.82 Å². The molecule has 20 heavy (non-hydrogen) atoms. The number of halogens is 1. The average molecular weight is 292 g/mol. The zero-order valence-corrected chi connectivity index (χ0v) is 12.7. The van der Waals surface area contributed by atoms with E-state index >= 15 is 0 Å². The van der Waals surface area contributed by atoms with Crippen LogP contribution in [0.2, 0.25) is 5.02 Å². The molecule has 4 nitrogen and oxygen atoms in total. The maximum absolute atomic E-state index is 5.99. The van der Waals surface area contributed by atoms with Gasteiger partial charge >= 0.3 is 0 Å². The van der Waals surface area contributed by atoms with Crippen LogP contribution in [0.15, 0.2) is 24.3 Å². The van der Waals surface area contributed by atoms with Crippen LogP contribution in [0, 0.1) is 0 Å². The predicted molar refractivity (Wildman–Crippen MR) is 82.6 cm³/mol. The molecule has 1 aromatic heterocycles. The van der Waals surface area contributed by atoms with E-state index in [4.69, 9.17) is 16.3 Å². The molecule has 1 heterocycles. The number of benzene rings is 1. The second kappa shape index (κ2) is 6.57. The van der Waals surface area contributed by atoms with Crippen LogP contribution in [0.3, 0.4) is 0 Å². The molecule has 0 fully saturated rings. The van der Waals surface area contributed by atoms with Crippen LogP contribution in [-0.2, 0) is 6.42 Å². The van der Waals surface area contributed by atoms with Crippen molar-refractivity contribution in [3.8, 4) is 17.1 Å². The van der Waals surface area contributed by atoms with Gasteiger partial charge in [0, 0.05) is 23.8 Å². The molecule has 0 unspecified atom stereocenters. The van der Waals surface area contributed by atoms with Gasteiger partial charge in [-0.05, 0) is 24.6 Å². The van der Waals surface area contributed by atoms with Crippen LogP contribution >= 0.6 is 11.6 Å². The standard InChI is InChI=1S/C15H18ClN3O/c1-4-5-11-9-14(17-2)19-15(18-11)12-7-6-10(16)8-13(12)20-3/h6-9H,4-5H2,1-3H3,(H,17,18,19). The summed E-state index contributed by atoms with van der Waals surface area (Å²) in [6.07, 6.45) is 1.96. The molecule has 1 N–H and O–H groups in total. The second-order valence-corrected chi connectivity index (χ2v) is 4.85. The quantitative estimate of drug-likeness (QED) is 0.910. The van der Waals surface area contributed by atoms with Gasteiger partial charge in [0.25, 0.3) is 0 Å². The van der Waals surface area contributed by atoms with E-state index in [0.717, 1.165) is 29.9 Å². The van der Waals surface area contributed by atoms with Gasteiger partial charge in [0.15, 0.2) is 5.82 Å². The molecule has 1 aromatic carbocycles. The Morgan fingerprint density at radius 1 is 1.25 bits per heavy atom. The number of aryl methyl sites for hydroxylation is 1. The predicted octanol–water partition coefficient (Wildman–Crippen LogP) is 3.80. The van der Waals surface area contributed by atoms with E-state index in [1.807, 2.05) is 25.2 Å². The van der Waals surface area contributed by atoms with Gasteiger partial charge in [-0.15, -0.1) is 0 Å². The van der Waals surface area contributed by atoms with Crippen LogP contribution in [0.5, 0.6) is 5.75 Å². The van der Waals surface area contributed by atoms with Crippen molar-refractivity contribution in [2.75, 3.05) is 19.5 Å².